The lowest BCUT2D eigenvalue weighted by molar-refractivity contribution is 0.479. The SMILES string of the molecule is CC(C)NC(C)c1ccc(Oc2ccc(C(C)N)cc2)cc1. The van der Waals surface area contributed by atoms with Gasteiger partial charge < -0.3 is 15.8 Å². The Labute approximate surface area is 133 Å². The summed E-state index contributed by atoms with van der Waals surface area (Å²) in [5, 5.41) is 3.49. The van der Waals surface area contributed by atoms with E-state index in [0.717, 1.165) is 17.1 Å². The highest BCUT2D eigenvalue weighted by molar-refractivity contribution is 5.35. The number of hydrogen-bond donors (Lipinski definition) is 2. The summed E-state index contributed by atoms with van der Waals surface area (Å²) in [6, 6.07) is 17.0. The van der Waals surface area contributed by atoms with Gasteiger partial charge in [0.15, 0.2) is 0 Å². The molecule has 0 fully saturated rings. The minimum absolute atomic E-state index is 0.0447. The van der Waals surface area contributed by atoms with E-state index in [9.17, 15) is 0 Å². The Morgan fingerprint density at radius 1 is 0.773 bits per heavy atom. The predicted octanol–water partition coefficient (Wildman–Crippen LogP) is 4.56. The van der Waals surface area contributed by atoms with Crippen LogP contribution in [-0.2, 0) is 0 Å². The van der Waals surface area contributed by atoms with Crippen molar-refractivity contribution in [2.24, 2.45) is 5.73 Å². The number of benzene rings is 2. The molecule has 0 spiro atoms. The van der Waals surface area contributed by atoms with E-state index < -0.39 is 0 Å². The Balaban J connectivity index is 2.01. The molecule has 2 aromatic rings. The molecule has 3 heteroatoms. The maximum Gasteiger partial charge on any atom is 0.127 e. The number of hydrogen-bond acceptors (Lipinski definition) is 3. The largest absolute Gasteiger partial charge is 0.457 e. The van der Waals surface area contributed by atoms with Crippen LogP contribution in [0.1, 0.15) is 50.9 Å². The van der Waals surface area contributed by atoms with Gasteiger partial charge in [-0.25, -0.2) is 0 Å². The summed E-state index contributed by atoms with van der Waals surface area (Å²) >= 11 is 0. The first kappa shape index (κ1) is 16.5. The van der Waals surface area contributed by atoms with E-state index in [0.29, 0.717) is 12.1 Å². The summed E-state index contributed by atoms with van der Waals surface area (Å²) in [7, 11) is 0. The number of rotatable bonds is 6. The van der Waals surface area contributed by atoms with Crippen molar-refractivity contribution in [1.29, 1.82) is 0 Å². The molecule has 3 nitrogen and oxygen atoms in total. The van der Waals surface area contributed by atoms with Crippen LogP contribution in [0.25, 0.3) is 0 Å². The smallest absolute Gasteiger partial charge is 0.127 e. The third-order valence-electron chi connectivity index (χ3n) is 3.61. The Kier molecular flexibility index (Phi) is 5.58. The van der Waals surface area contributed by atoms with E-state index in [2.05, 4.69) is 38.2 Å². The van der Waals surface area contributed by atoms with Gasteiger partial charge in [0.25, 0.3) is 0 Å². The third-order valence-corrected chi connectivity index (χ3v) is 3.61. The van der Waals surface area contributed by atoms with Gasteiger partial charge in [-0.2, -0.15) is 0 Å². The summed E-state index contributed by atoms with van der Waals surface area (Å²) in [5.74, 6) is 1.67. The molecule has 22 heavy (non-hydrogen) atoms. The lowest BCUT2D eigenvalue weighted by Crippen LogP contribution is -2.25. The van der Waals surface area contributed by atoms with E-state index in [-0.39, 0.29) is 6.04 Å². The van der Waals surface area contributed by atoms with E-state index >= 15 is 0 Å². The van der Waals surface area contributed by atoms with Crippen molar-refractivity contribution < 1.29 is 4.74 Å². The van der Waals surface area contributed by atoms with Gasteiger partial charge in [-0.15, -0.1) is 0 Å². The first-order chi connectivity index (χ1) is 10.5. The van der Waals surface area contributed by atoms with E-state index in [1.165, 1.54) is 5.56 Å². The maximum absolute atomic E-state index is 5.87. The monoisotopic (exact) mass is 298 g/mol. The minimum atomic E-state index is 0.0447. The molecule has 0 aromatic heterocycles. The van der Waals surface area contributed by atoms with Gasteiger partial charge >= 0.3 is 0 Å². The first-order valence-corrected chi connectivity index (χ1v) is 7.85. The molecule has 3 N–H and O–H groups in total. The van der Waals surface area contributed by atoms with Crippen LogP contribution >= 0.6 is 0 Å². The zero-order chi connectivity index (χ0) is 16.1. The molecule has 0 bridgehead atoms. The van der Waals surface area contributed by atoms with Gasteiger partial charge in [0.1, 0.15) is 11.5 Å². The van der Waals surface area contributed by atoms with Crippen molar-refractivity contribution in [2.75, 3.05) is 0 Å². The maximum atomic E-state index is 5.87. The second-order valence-corrected chi connectivity index (χ2v) is 6.07. The van der Waals surface area contributed by atoms with Crippen molar-refractivity contribution in [2.45, 2.75) is 45.8 Å². The zero-order valence-corrected chi connectivity index (χ0v) is 13.8. The number of nitrogens with one attached hydrogen (secondary N) is 1. The molecule has 0 aliphatic heterocycles. The summed E-state index contributed by atoms with van der Waals surface area (Å²) < 4.78 is 5.87. The first-order valence-electron chi connectivity index (χ1n) is 7.85. The predicted molar refractivity (Wildman–Crippen MR) is 92.2 cm³/mol. The van der Waals surface area contributed by atoms with Crippen molar-refractivity contribution >= 4 is 0 Å². The van der Waals surface area contributed by atoms with Crippen molar-refractivity contribution in [1.82, 2.24) is 5.32 Å². The standard InChI is InChI=1S/C19H26N2O/c1-13(2)21-15(4)17-7-11-19(12-8-17)22-18-9-5-16(6-10-18)14(3)20/h5-15,21H,20H2,1-4H3. The van der Waals surface area contributed by atoms with Crippen LogP contribution in [0.15, 0.2) is 48.5 Å². The fourth-order valence-corrected chi connectivity index (χ4v) is 2.40. The molecule has 2 aromatic carbocycles. The third kappa shape index (κ3) is 4.58. The fraction of sp³-hybridized carbons (Fsp3) is 0.368. The molecular formula is C19H26N2O. The van der Waals surface area contributed by atoms with Crippen LogP contribution in [0.4, 0.5) is 0 Å². The molecule has 2 unspecified atom stereocenters. The molecule has 2 rings (SSSR count). The topological polar surface area (TPSA) is 47.3 Å². The number of nitrogens with two attached hydrogens (primary N) is 1. The van der Waals surface area contributed by atoms with Gasteiger partial charge in [0.2, 0.25) is 0 Å². The number of ether oxygens (including phenoxy) is 1. The second-order valence-electron chi connectivity index (χ2n) is 6.07. The molecule has 0 saturated heterocycles. The quantitative estimate of drug-likeness (QED) is 0.822. The summed E-state index contributed by atoms with van der Waals surface area (Å²) in [5.41, 5.74) is 8.21. The van der Waals surface area contributed by atoms with E-state index in [1.54, 1.807) is 0 Å². The molecule has 0 amide bonds. The zero-order valence-electron chi connectivity index (χ0n) is 13.8. The summed E-state index contributed by atoms with van der Waals surface area (Å²) in [4.78, 5) is 0. The highest BCUT2D eigenvalue weighted by atomic mass is 16.5. The fourth-order valence-electron chi connectivity index (χ4n) is 2.40. The van der Waals surface area contributed by atoms with Crippen LogP contribution in [-0.4, -0.2) is 6.04 Å². The minimum Gasteiger partial charge on any atom is -0.457 e. The van der Waals surface area contributed by atoms with E-state index in [4.69, 9.17) is 10.5 Å². The average molecular weight is 298 g/mol. The van der Waals surface area contributed by atoms with Gasteiger partial charge in [-0.1, -0.05) is 38.1 Å². The van der Waals surface area contributed by atoms with Gasteiger partial charge in [0, 0.05) is 18.1 Å². The van der Waals surface area contributed by atoms with Crippen molar-refractivity contribution in [3.8, 4) is 11.5 Å². The van der Waals surface area contributed by atoms with Crippen LogP contribution in [0.5, 0.6) is 11.5 Å². The molecule has 118 valence electrons. The molecular weight excluding hydrogens is 272 g/mol. The molecule has 0 aliphatic carbocycles. The second kappa shape index (κ2) is 7.43. The Morgan fingerprint density at radius 3 is 1.64 bits per heavy atom. The van der Waals surface area contributed by atoms with Gasteiger partial charge in [-0.3, -0.25) is 0 Å². The van der Waals surface area contributed by atoms with Crippen LogP contribution in [0, 0.1) is 0 Å². The van der Waals surface area contributed by atoms with Gasteiger partial charge in [-0.05, 0) is 49.2 Å². The normalized spacial score (nSPS) is 13.9. The lowest BCUT2D eigenvalue weighted by atomic mass is 10.1. The summed E-state index contributed by atoms with van der Waals surface area (Å²) in [6.45, 7) is 8.45. The average Bonchev–Trinajstić information content (AvgIpc) is 2.48. The molecule has 0 radical (unpaired) electrons. The highest BCUT2D eigenvalue weighted by Gasteiger charge is 2.07. The Hall–Kier alpha value is -1.84. The molecule has 2 atom stereocenters. The molecule has 0 heterocycles. The van der Waals surface area contributed by atoms with Crippen LogP contribution in [0.3, 0.4) is 0 Å². The highest BCUT2D eigenvalue weighted by Crippen LogP contribution is 2.24. The summed E-state index contributed by atoms with van der Waals surface area (Å²) in [6.07, 6.45) is 0. The Bertz CT molecular complexity index is 573. The Morgan fingerprint density at radius 2 is 1.23 bits per heavy atom. The van der Waals surface area contributed by atoms with E-state index in [1.807, 2.05) is 43.3 Å². The van der Waals surface area contributed by atoms with Crippen LogP contribution < -0.4 is 15.8 Å². The van der Waals surface area contributed by atoms with Crippen LogP contribution in [0.2, 0.25) is 0 Å². The molecule has 0 aliphatic rings. The molecule has 0 saturated carbocycles. The van der Waals surface area contributed by atoms with Gasteiger partial charge in [0.05, 0.1) is 0 Å². The van der Waals surface area contributed by atoms with Crippen molar-refractivity contribution in [3.63, 3.8) is 0 Å². The lowest BCUT2D eigenvalue weighted by Gasteiger charge is -2.17. The van der Waals surface area contributed by atoms with Crippen molar-refractivity contribution in [3.05, 3.63) is 59.7 Å².